The summed E-state index contributed by atoms with van der Waals surface area (Å²) in [6.45, 7) is 0. The van der Waals surface area contributed by atoms with Crippen molar-refractivity contribution in [2.75, 3.05) is 19.0 Å². The van der Waals surface area contributed by atoms with Crippen LogP contribution in [0, 0.1) is 11.3 Å². The Hall–Kier alpha value is -1.70. The molecule has 80 valence electrons. The molecule has 0 saturated carbocycles. The average Bonchev–Trinajstić information content (AvgIpc) is 2.15. The first-order chi connectivity index (χ1) is 6.88. The first-order valence-corrected chi connectivity index (χ1v) is 4.15. The SMILES string of the molecule is CN(C)c1c(C#N)cccc1C(F)(F)F. The number of halogens is 3. The van der Waals surface area contributed by atoms with Crippen LogP contribution in [0.4, 0.5) is 18.9 Å². The Morgan fingerprint density at radius 1 is 1.27 bits per heavy atom. The van der Waals surface area contributed by atoms with Crippen molar-refractivity contribution in [3.63, 3.8) is 0 Å². The molecule has 0 fully saturated rings. The third-order valence-electron chi connectivity index (χ3n) is 1.91. The van der Waals surface area contributed by atoms with Gasteiger partial charge in [-0.25, -0.2) is 0 Å². The van der Waals surface area contributed by atoms with Crippen LogP contribution in [-0.4, -0.2) is 14.1 Å². The second kappa shape index (κ2) is 3.81. The highest BCUT2D eigenvalue weighted by molar-refractivity contribution is 5.64. The van der Waals surface area contributed by atoms with Crippen LogP contribution in [-0.2, 0) is 6.18 Å². The molecule has 1 aromatic carbocycles. The summed E-state index contributed by atoms with van der Waals surface area (Å²) in [5, 5.41) is 8.71. The van der Waals surface area contributed by atoms with E-state index in [0.29, 0.717) is 0 Å². The van der Waals surface area contributed by atoms with Gasteiger partial charge in [-0.1, -0.05) is 6.07 Å². The van der Waals surface area contributed by atoms with E-state index >= 15 is 0 Å². The van der Waals surface area contributed by atoms with Gasteiger partial charge >= 0.3 is 6.18 Å². The molecule has 0 saturated heterocycles. The Bertz CT molecular complexity index is 402. The van der Waals surface area contributed by atoms with Crippen LogP contribution in [0.3, 0.4) is 0 Å². The lowest BCUT2D eigenvalue weighted by Gasteiger charge is -2.20. The maximum absolute atomic E-state index is 12.6. The minimum absolute atomic E-state index is 0.0230. The molecule has 0 bridgehead atoms. The molecule has 0 heterocycles. The molecule has 0 aliphatic heterocycles. The zero-order chi connectivity index (χ0) is 11.6. The van der Waals surface area contributed by atoms with Crippen LogP contribution in [0.5, 0.6) is 0 Å². The number of anilines is 1. The van der Waals surface area contributed by atoms with Crippen LogP contribution in [0.15, 0.2) is 18.2 Å². The highest BCUT2D eigenvalue weighted by Crippen LogP contribution is 2.37. The Kier molecular flexibility index (Phi) is 2.89. The summed E-state index contributed by atoms with van der Waals surface area (Å²) in [6, 6.07) is 5.31. The standard InChI is InChI=1S/C10H9F3N2/c1-15(2)9-7(6-14)4-3-5-8(9)10(11,12)13/h3-5H,1-2H3. The summed E-state index contributed by atoms with van der Waals surface area (Å²) in [5.74, 6) is 0. The van der Waals surface area contributed by atoms with Crippen molar-refractivity contribution in [3.05, 3.63) is 29.3 Å². The maximum atomic E-state index is 12.6. The Balaban J connectivity index is 3.48. The van der Waals surface area contributed by atoms with Crippen LogP contribution >= 0.6 is 0 Å². The number of hydrogen-bond donors (Lipinski definition) is 0. The number of alkyl halides is 3. The molecule has 0 spiro atoms. The smallest absolute Gasteiger partial charge is 0.376 e. The van der Waals surface area contributed by atoms with Crippen molar-refractivity contribution in [1.29, 1.82) is 5.26 Å². The van der Waals surface area contributed by atoms with E-state index in [9.17, 15) is 13.2 Å². The molecule has 0 aliphatic rings. The summed E-state index contributed by atoms with van der Waals surface area (Å²) >= 11 is 0. The summed E-state index contributed by atoms with van der Waals surface area (Å²) in [6.07, 6.45) is -4.44. The summed E-state index contributed by atoms with van der Waals surface area (Å²) in [4.78, 5) is 1.29. The molecule has 0 aliphatic carbocycles. The number of nitrogens with zero attached hydrogens (tertiary/aromatic N) is 2. The number of hydrogen-bond acceptors (Lipinski definition) is 2. The number of benzene rings is 1. The normalized spacial score (nSPS) is 10.9. The lowest BCUT2D eigenvalue weighted by atomic mass is 10.1. The van der Waals surface area contributed by atoms with Gasteiger partial charge in [0.05, 0.1) is 16.8 Å². The van der Waals surface area contributed by atoms with Crippen LogP contribution < -0.4 is 4.90 Å². The summed E-state index contributed by atoms with van der Waals surface area (Å²) in [7, 11) is 2.96. The Labute approximate surface area is 85.5 Å². The van der Waals surface area contributed by atoms with E-state index in [1.54, 1.807) is 6.07 Å². The van der Waals surface area contributed by atoms with Gasteiger partial charge in [0.25, 0.3) is 0 Å². The third-order valence-corrected chi connectivity index (χ3v) is 1.91. The van der Waals surface area contributed by atoms with Gasteiger partial charge in [0.2, 0.25) is 0 Å². The van der Waals surface area contributed by atoms with Crippen molar-refractivity contribution in [1.82, 2.24) is 0 Å². The van der Waals surface area contributed by atoms with Crippen molar-refractivity contribution >= 4 is 5.69 Å². The lowest BCUT2D eigenvalue weighted by Crippen LogP contribution is -2.17. The van der Waals surface area contributed by atoms with E-state index in [0.717, 1.165) is 6.07 Å². The number of para-hydroxylation sites is 1. The third kappa shape index (κ3) is 2.21. The maximum Gasteiger partial charge on any atom is 0.418 e. The van der Waals surface area contributed by atoms with E-state index in [2.05, 4.69) is 0 Å². The van der Waals surface area contributed by atoms with Gasteiger partial charge in [0.15, 0.2) is 0 Å². The molecule has 15 heavy (non-hydrogen) atoms. The monoisotopic (exact) mass is 214 g/mol. The summed E-state index contributed by atoms with van der Waals surface area (Å²) < 4.78 is 37.8. The van der Waals surface area contributed by atoms with E-state index in [-0.39, 0.29) is 11.3 Å². The predicted molar refractivity (Wildman–Crippen MR) is 50.5 cm³/mol. The largest absolute Gasteiger partial charge is 0.418 e. The lowest BCUT2D eigenvalue weighted by molar-refractivity contribution is -0.137. The second-order valence-corrected chi connectivity index (χ2v) is 3.21. The quantitative estimate of drug-likeness (QED) is 0.718. The van der Waals surface area contributed by atoms with Crippen molar-refractivity contribution in [3.8, 4) is 6.07 Å². The van der Waals surface area contributed by atoms with E-state index in [4.69, 9.17) is 5.26 Å². The molecule has 0 radical (unpaired) electrons. The van der Waals surface area contributed by atoms with E-state index in [1.165, 1.54) is 31.1 Å². The molecular weight excluding hydrogens is 205 g/mol. The van der Waals surface area contributed by atoms with Gasteiger partial charge in [-0.2, -0.15) is 18.4 Å². The highest BCUT2D eigenvalue weighted by atomic mass is 19.4. The molecule has 0 aromatic heterocycles. The van der Waals surface area contributed by atoms with E-state index < -0.39 is 11.7 Å². The first-order valence-electron chi connectivity index (χ1n) is 4.15. The topological polar surface area (TPSA) is 27.0 Å². The zero-order valence-electron chi connectivity index (χ0n) is 8.26. The molecule has 5 heteroatoms. The predicted octanol–water partition coefficient (Wildman–Crippen LogP) is 2.64. The minimum atomic E-state index is -4.44. The molecule has 0 amide bonds. The van der Waals surface area contributed by atoms with Gasteiger partial charge in [0, 0.05) is 14.1 Å². The first kappa shape index (κ1) is 11.4. The Morgan fingerprint density at radius 2 is 1.87 bits per heavy atom. The zero-order valence-corrected chi connectivity index (χ0v) is 8.26. The van der Waals surface area contributed by atoms with Crippen molar-refractivity contribution < 1.29 is 13.2 Å². The Morgan fingerprint density at radius 3 is 2.27 bits per heavy atom. The van der Waals surface area contributed by atoms with E-state index in [1.807, 2.05) is 0 Å². The number of rotatable bonds is 1. The molecule has 0 unspecified atom stereocenters. The van der Waals surface area contributed by atoms with Crippen LogP contribution in [0.1, 0.15) is 11.1 Å². The van der Waals surface area contributed by atoms with Gasteiger partial charge in [0.1, 0.15) is 6.07 Å². The second-order valence-electron chi connectivity index (χ2n) is 3.21. The van der Waals surface area contributed by atoms with Crippen molar-refractivity contribution in [2.45, 2.75) is 6.18 Å². The van der Waals surface area contributed by atoms with Gasteiger partial charge < -0.3 is 4.90 Å². The highest BCUT2D eigenvalue weighted by Gasteiger charge is 2.34. The fourth-order valence-electron chi connectivity index (χ4n) is 1.34. The molecule has 2 nitrogen and oxygen atoms in total. The minimum Gasteiger partial charge on any atom is -0.376 e. The molecule has 1 rings (SSSR count). The van der Waals surface area contributed by atoms with Gasteiger partial charge in [-0.05, 0) is 12.1 Å². The molecule has 0 N–H and O–H groups in total. The van der Waals surface area contributed by atoms with Crippen LogP contribution in [0.2, 0.25) is 0 Å². The fraction of sp³-hybridized carbons (Fsp3) is 0.300. The summed E-state index contributed by atoms with van der Waals surface area (Å²) in [5.41, 5.74) is -0.853. The number of nitriles is 1. The molecule has 1 aromatic rings. The van der Waals surface area contributed by atoms with Crippen LogP contribution in [0.25, 0.3) is 0 Å². The molecular formula is C10H9F3N2. The van der Waals surface area contributed by atoms with Gasteiger partial charge in [-0.3, -0.25) is 0 Å². The van der Waals surface area contributed by atoms with Gasteiger partial charge in [-0.15, -0.1) is 0 Å². The fourth-order valence-corrected chi connectivity index (χ4v) is 1.34. The average molecular weight is 214 g/mol. The molecule has 0 atom stereocenters. The van der Waals surface area contributed by atoms with Crippen molar-refractivity contribution in [2.24, 2.45) is 0 Å².